The van der Waals surface area contributed by atoms with Crippen LogP contribution in [0.5, 0.6) is 0 Å². The normalized spacial score (nSPS) is 15.6. The van der Waals surface area contributed by atoms with Crippen LogP contribution in [0.4, 0.5) is 28.4 Å². The van der Waals surface area contributed by atoms with Crippen LogP contribution in [0.25, 0.3) is 34.1 Å². The number of fused-ring (bicyclic) bond motifs is 10. The molecule has 3 heteroatoms. The summed E-state index contributed by atoms with van der Waals surface area (Å²) in [5, 5.41) is 2.50. The Morgan fingerprint density at radius 1 is 0.491 bits per heavy atom. The average molecular weight is 749 g/mol. The van der Waals surface area contributed by atoms with Gasteiger partial charge in [0.05, 0.1) is 17.1 Å². The van der Waals surface area contributed by atoms with Crippen LogP contribution >= 0.6 is 11.8 Å². The number of anilines is 5. The number of nitrogens with zero attached hydrogens (tertiary/aromatic N) is 2. The van der Waals surface area contributed by atoms with Gasteiger partial charge in [0.15, 0.2) is 0 Å². The van der Waals surface area contributed by atoms with Crippen molar-refractivity contribution < 1.29 is 0 Å². The molecule has 8 aromatic rings. The van der Waals surface area contributed by atoms with Crippen molar-refractivity contribution in [3.63, 3.8) is 0 Å². The van der Waals surface area contributed by atoms with Gasteiger partial charge >= 0.3 is 0 Å². The molecule has 0 N–H and O–H groups in total. The Morgan fingerprint density at radius 3 is 1.86 bits per heavy atom. The summed E-state index contributed by atoms with van der Waals surface area (Å²) in [7, 11) is 0. The molecule has 2 heterocycles. The molecule has 2 aliphatic carbocycles. The minimum atomic E-state index is -0.0861. The summed E-state index contributed by atoms with van der Waals surface area (Å²) in [6.45, 7) is 1.05. The Kier molecular flexibility index (Phi) is 7.43. The summed E-state index contributed by atoms with van der Waals surface area (Å²) in [5.74, 6) is 0. The Bertz CT molecular complexity index is 2890. The van der Waals surface area contributed by atoms with Gasteiger partial charge < -0.3 is 9.80 Å². The molecule has 57 heavy (non-hydrogen) atoms. The largest absolute Gasteiger partial charge is 0.341 e. The standard InChI is InChI=1S/C54H40N2S/c1-2-14-40-35-54(34-39(40)13-1)46-32-36(24-28-43(46)44-29-27-41(33-47(44)54)55-31-11-15-38-12-3-6-18-48(38)55)23-25-37-26-30-49(45-17-5-4-16-42(37)45)56-50-19-7-9-21-52(50)57-53-22-10-8-20-51(53)56/h1-10,12-14,16-30,32-33H,11,15,31,34-35H2. The van der Waals surface area contributed by atoms with E-state index in [1.165, 1.54) is 105 Å². The second kappa shape index (κ2) is 12.9. The van der Waals surface area contributed by atoms with Crippen molar-refractivity contribution in [2.75, 3.05) is 16.3 Å². The van der Waals surface area contributed by atoms with Gasteiger partial charge in [-0.15, -0.1) is 0 Å². The average Bonchev–Trinajstić information content (AvgIpc) is 3.79. The van der Waals surface area contributed by atoms with E-state index in [1.54, 1.807) is 0 Å². The lowest BCUT2D eigenvalue weighted by Crippen LogP contribution is -2.27. The Labute approximate surface area is 338 Å². The summed E-state index contributed by atoms with van der Waals surface area (Å²) in [6.07, 6.45) is 9.05. The third-order valence-electron chi connectivity index (χ3n) is 13.0. The zero-order valence-electron chi connectivity index (χ0n) is 31.7. The molecular formula is C54H40N2S. The summed E-state index contributed by atoms with van der Waals surface area (Å²) in [5.41, 5.74) is 18.9. The van der Waals surface area contributed by atoms with Crippen LogP contribution < -0.4 is 9.80 Å². The smallest absolute Gasteiger partial charge is 0.0601 e. The minimum absolute atomic E-state index is 0.0861. The molecule has 0 saturated carbocycles. The van der Waals surface area contributed by atoms with Crippen LogP contribution in [0.3, 0.4) is 0 Å². The van der Waals surface area contributed by atoms with E-state index < -0.39 is 0 Å². The van der Waals surface area contributed by atoms with E-state index in [2.05, 4.69) is 192 Å². The molecule has 0 saturated heterocycles. The highest BCUT2D eigenvalue weighted by molar-refractivity contribution is 7.99. The maximum atomic E-state index is 2.56. The fourth-order valence-corrected chi connectivity index (χ4v) is 11.4. The SMILES string of the molecule is C(=Cc1ccc(N2c3ccccc3Sc3ccccc32)c2ccccc12)c1ccc2c(c1)C1(Cc3ccccc3C1)c1cc(N3CCCc4ccccc43)ccc1-2. The Balaban J connectivity index is 0.942. The molecule has 0 radical (unpaired) electrons. The molecule has 12 rings (SSSR count). The van der Waals surface area contributed by atoms with Crippen molar-refractivity contribution >= 4 is 63.1 Å². The highest BCUT2D eigenvalue weighted by atomic mass is 32.2. The first kappa shape index (κ1) is 32.9. The first-order chi connectivity index (χ1) is 28.2. The maximum absolute atomic E-state index is 2.56. The maximum Gasteiger partial charge on any atom is 0.0601 e. The van der Waals surface area contributed by atoms with E-state index in [9.17, 15) is 0 Å². The minimum Gasteiger partial charge on any atom is -0.341 e. The van der Waals surface area contributed by atoms with Crippen LogP contribution in [0.1, 0.15) is 45.4 Å². The summed E-state index contributed by atoms with van der Waals surface area (Å²) in [6, 6.07) is 63.7. The van der Waals surface area contributed by atoms with Gasteiger partial charge in [-0.25, -0.2) is 0 Å². The lowest BCUT2D eigenvalue weighted by molar-refractivity contribution is 0.563. The van der Waals surface area contributed by atoms with Gasteiger partial charge in [0.1, 0.15) is 0 Å². The summed E-state index contributed by atoms with van der Waals surface area (Å²) in [4.78, 5) is 7.56. The van der Waals surface area contributed by atoms with Gasteiger partial charge in [0.2, 0.25) is 0 Å². The van der Waals surface area contributed by atoms with E-state index in [1.807, 2.05) is 11.8 Å². The molecule has 272 valence electrons. The fourth-order valence-electron chi connectivity index (χ4n) is 10.4. The molecule has 0 aromatic heterocycles. The molecule has 0 atom stereocenters. The van der Waals surface area contributed by atoms with Crippen molar-refractivity contribution in [3.05, 3.63) is 209 Å². The van der Waals surface area contributed by atoms with Crippen LogP contribution in [0.2, 0.25) is 0 Å². The first-order valence-electron chi connectivity index (χ1n) is 20.3. The van der Waals surface area contributed by atoms with Gasteiger partial charge in [0.25, 0.3) is 0 Å². The zero-order chi connectivity index (χ0) is 37.5. The Morgan fingerprint density at radius 2 is 1.11 bits per heavy atom. The predicted molar refractivity (Wildman–Crippen MR) is 240 cm³/mol. The molecule has 4 aliphatic rings. The van der Waals surface area contributed by atoms with Gasteiger partial charge in [-0.2, -0.15) is 0 Å². The zero-order valence-corrected chi connectivity index (χ0v) is 32.5. The lowest BCUT2D eigenvalue weighted by Gasteiger charge is -2.33. The van der Waals surface area contributed by atoms with E-state index in [0.29, 0.717) is 0 Å². The van der Waals surface area contributed by atoms with Crippen molar-refractivity contribution in [3.8, 4) is 11.1 Å². The molecule has 0 fully saturated rings. The number of para-hydroxylation sites is 3. The van der Waals surface area contributed by atoms with Crippen molar-refractivity contribution in [2.45, 2.75) is 40.9 Å². The molecular weight excluding hydrogens is 709 g/mol. The number of hydrogen-bond donors (Lipinski definition) is 0. The highest BCUT2D eigenvalue weighted by Crippen LogP contribution is 2.57. The molecule has 1 spiro atoms. The fraction of sp³-hybridized carbons (Fsp3) is 0.111. The lowest BCUT2D eigenvalue weighted by atomic mass is 9.75. The number of aryl methyl sites for hydroxylation is 1. The summed E-state index contributed by atoms with van der Waals surface area (Å²) < 4.78 is 0. The van der Waals surface area contributed by atoms with Crippen molar-refractivity contribution in [1.29, 1.82) is 0 Å². The predicted octanol–water partition coefficient (Wildman–Crippen LogP) is 14.1. The van der Waals surface area contributed by atoms with Gasteiger partial charge in [-0.3, -0.25) is 0 Å². The molecule has 8 aromatic carbocycles. The van der Waals surface area contributed by atoms with Gasteiger partial charge in [0, 0.05) is 38.5 Å². The highest BCUT2D eigenvalue weighted by Gasteiger charge is 2.47. The van der Waals surface area contributed by atoms with Crippen LogP contribution in [-0.4, -0.2) is 6.54 Å². The van der Waals surface area contributed by atoms with E-state index in [4.69, 9.17) is 0 Å². The third kappa shape index (κ3) is 5.12. The molecule has 2 aliphatic heterocycles. The topological polar surface area (TPSA) is 6.48 Å². The molecule has 0 amide bonds. The van der Waals surface area contributed by atoms with Crippen LogP contribution in [-0.2, 0) is 24.7 Å². The quantitative estimate of drug-likeness (QED) is 0.166. The summed E-state index contributed by atoms with van der Waals surface area (Å²) >= 11 is 1.85. The van der Waals surface area contributed by atoms with Crippen LogP contribution in [0.15, 0.2) is 180 Å². The molecule has 2 nitrogen and oxygen atoms in total. The van der Waals surface area contributed by atoms with E-state index >= 15 is 0 Å². The molecule has 0 unspecified atom stereocenters. The Hall–Kier alpha value is -6.29. The first-order valence-corrected chi connectivity index (χ1v) is 21.1. The second-order valence-electron chi connectivity index (χ2n) is 16.0. The van der Waals surface area contributed by atoms with Crippen molar-refractivity contribution in [2.24, 2.45) is 0 Å². The van der Waals surface area contributed by atoms with Crippen LogP contribution in [0, 0.1) is 0 Å². The van der Waals surface area contributed by atoms with Gasteiger partial charge in [-0.1, -0.05) is 145 Å². The van der Waals surface area contributed by atoms with E-state index in [0.717, 1.165) is 25.8 Å². The number of hydrogen-bond acceptors (Lipinski definition) is 3. The van der Waals surface area contributed by atoms with Gasteiger partial charge in [-0.05, 0) is 130 Å². The number of benzene rings is 8. The number of rotatable bonds is 4. The second-order valence-corrected chi connectivity index (χ2v) is 17.1. The monoisotopic (exact) mass is 748 g/mol. The molecule has 0 bridgehead atoms. The third-order valence-corrected chi connectivity index (χ3v) is 14.1. The van der Waals surface area contributed by atoms with E-state index in [-0.39, 0.29) is 5.41 Å². The van der Waals surface area contributed by atoms with Crippen molar-refractivity contribution in [1.82, 2.24) is 0 Å².